The number of carbonyl (C=O) groups is 1. The molecule has 0 bridgehead atoms. The second kappa shape index (κ2) is 9.71. The molecule has 0 spiro atoms. The molecule has 0 saturated heterocycles. The summed E-state index contributed by atoms with van der Waals surface area (Å²) < 4.78 is 5.70. The maximum atomic E-state index is 11.4. The highest BCUT2D eigenvalue weighted by atomic mass is 32.2. The fourth-order valence-corrected chi connectivity index (χ4v) is 3.39. The molecule has 6 heteroatoms. The third kappa shape index (κ3) is 5.96. The van der Waals surface area contributed by atoms with Gasteiger partial charge in [0.25, 0.3) is 0 Å². The molecule has 2 N–H and O–H groups in total. The number of rotatable bonds is 8. The standard InChI is InChI=1S/C22H21NO4S/c24-18-6-10-20(11-7-18)28-21-12-8-19(9-13-21)27-15-14-23(22(25)26)16-17-4-2-1-3-5-17/h1-13,24H,14-16H2,(H,25,26). The molecule has 5 nitrogen and oxygen atoms in total. The van der Waals surface area contributed by atoms with E-state index in [1.165, 1.54) is 4.90 Å². The van der Waals surface area contributed by atoms with Crippen LogP contribution < -0.4 is 4.74 Å². The Labute approximate surface area is 168 Å². The molecule has 3 rings (SSSR count). The van der Waals surface area contributed by atoms with Gasteiger partial charge in [0.15, 0.2) is 0 Å². The number of nitrogens with zero attached hydrogens (tertiary/aromatic N) is 1. The maximum Gasteiger partial charge on any atom is 0.407 e. The van der Waals surface area contributed by atoms with Gasteiger partial charge in [-0.15, -0.1) is 0 Å². The number of carboxylic acid groups (broad SMARTS) is 1. The first-order chi connectivity index (χ1) is 13.6. The molecule has 3 aromatic rings. The Morgan fingerprint density at radius 1 is 0.893 bits per heavy atom. The Kier molecular flexibility index (Phi) is 6.81. The van der Waals surface area contributed by atoms with Gasteiger partial charge in [-0.05, 0) is 54.1 Å². The number of hydrogen-bond acceptors (Lipinski definition) is 4. The van der Waals surface area contributed by atoms with Gasteiger partial charge < -0.3 is 19.8 Å². The summed E-state index contributed by atoms with van der Waals surface area (Å²) in [5, 5.41) is 18.7. The van der Waals surface area contributed by atoms with Crippen molar-refractivity contribution in [3.63, 3.8) is 0 Å². The predicted octanol–water partition coefficient (Wildman–Crippen LogP) is 5.10. The first-order valence-electron chi connectivity index (χ1n) is 8.82. The molecule has 0 fully saturated rings. The van der Waals surface area contributed by atoms with Gasteiger partial charge in [0.1, 0.15) is 18.1 Å². The topological polar surface area (TPSA) is 70.0 Å². The van der Waals surface area contributed by atoms with Gasteiger partial charge >= 0.3 is 6.09 Å². The lowest BCUT2D eigenvalue weighted by Gasteiger charge is -2.19. The molecule has 28 heavy (non-hydrogen) atoms. The summed E-state index contributed by atoms with van der Waals surface area (Å²) in [6.45, 7) is 0.902. The predicted molar refractivity (Wildman–Crippen MR) is 109 cm³/mol. The summed E-state index contributed by atoms with van der Waals surface area (Å²) in [5.41, 5.74) is 0.945. The quantitative estimate of drug-likeness (QED) is 0.555. The van der Waals surface area contributed by atoms with Crippen molar-refractivity contribution in [2.75, 3.05) is 13.2 Å². The molecule has 3 aromatic carbocycles. The van der Waals surface area contributed by atoms with E-state index in [-0.39, 0.29) is 18.9 Å². The summed E-state index contributed by atoms with van der Waals surface area (Å²) in [4.78, 5) is 14.9. The van der Waals surface area contributed by atoms with Gasteiger partial charge in [-0.2, -0.15) is 0 Å². The van der Waals surface area contributed by atoms with Gasteiger partial charge in [-0.1, -0.05) is 42.1 Å². The van der Waals surface area contributed by atoms with Crippen LogP contribution in [0.4, 0.5) is 4.79 Å². The number of benzene rings is 3. The van der Waals surface area contributed by atoms with Crippen LogP contribution in [0.5, 0.6) is 11.5 Å². The van der Waals surface area contributed by atoms with E-state index in [2.05, 4.69) is 0 Å². The van der Waals surface area contributed by atoms with Gasteiger partial charge in [-0.25, -0.2) is 4.79 Å². The third-order valence-corrected chi connectivity index (χ3v) is 5.03. The van der Waals surface area contributed by atoms with Crippen molar-refractivity contribution in [1.82, 2.24) is 4.90 Å². The van der Waals surface area contributed by atoms with E-state index in [9.17, 15) is 15.0 Å². The van der Waals surface area contributed by atoms with Crippen LogP contribution in [0.3, 0.4) is 0 Å². The number of hydrogen-bond donors (Lipinski definition) is 2. The smallest absolute Gasteiger partial charge is 0.407 e. The van der Waals surface area contributed by atoms with E-state index in [4.69, 9.17) is 4.74 Å². The SMILES string of the molecule is O=C(O)N(CCOc1ccc(Sc2ccc(O)cc2)cc1)Cc1ccccc1. The van der Waals surface area contributed by atoms with Crippen molar-refractivity contribution in [2.45, 2.75) is 16.3 Å². The molecular formula is C22H21NO4S. The average molecular weight is 395 g/mol. The van der Waals surface area contributed by atoms with Crippen molar-refractivity contribution in [3.05, 3.63) is 84.4 Å². The van der Waals surface area contributed by atoms with Crippen LogP contribution in [0.2, 0.25) is 0 Å². The second-order valence-electron chi connectivity index (χ2n) is 6.11. The minimum Gasteiger partial charge on any atom is -0.508 e. The van der Waals surface area contributed by atoms with E-state index in [0.29, 0.717) is 12.3 Å². The lowest BCUT2D eigenvalue weighted by molar-refractivity contribution is 0.132. The Morgan fingerprint density at radius 2 is 1.50 bits per heavy atom. The van der Waals surface area contributed by atoms with Crippen molar-refractivity contribution in [1.29, 1.82) is 0 Å². The number of aromatic hydroxyl groups is 1. The van der Waals surface area contributed by atoms with Gasteiger partial charge in [-0.3, -0.25) is 0 Å². The normalized spacial score (nSPS) is 10.4. The summed E-state index contributed by atoms with van der Waals surface area (Å²) in [6, 6.07) is 24.2. The second-order valence-corrected chi connectivity index (χ2v) is 7.25. The molecule has 0 aliphatic heterocycles. The molecular weight excluding hydrogens is 374 g/mol. The molecule has 1 amide bonds. The lowest BCUT2D eigenvalue weighted by atomic mass is 10.2. The highest BCUT2D eigenvalue weighted by Crippen LogP contribution is 2.29. The zero-order chi connectivity index (χ0) is 19.8. The molecule has 0 aromatic heterocycles. The zero-order valence-corrected chi connectivity index (χ0v) is 16.0. The number of amides is 1. The van der Waals surface area contributed by atoms with Crippen LogP contribution >= 0.6 is 11.8 Å². The van der Waals surface area contributed by atoms with E-state index < -0.39 is 6.09 Å². The Hall–Kier alpha value is -3.12. The fraction of sp³-hybridized carbons (Fsp3) is 0.136. The summed E-state index contributed by atoms with van der Waals surface area (Å²) in [7, 11) is 0. The van der Waals surface area contributed by atoms with Crippen LogP contribution in [0.1, 0.15) is 5.56 Å². The molecule has 0 saturated carbocycles. The van der Waals surface area contributed by atoms with E-state index in [1.807, 2.05) is 66.7 Å². The first-order valence-corrected chi connectivity index (χ1v) is 9.63. The summed E-state index contributed by atoms with van der Waals surface area (Å²) in [5.74, 6) is 0.941. The van der Waals surface area contributed by atoms with Crippen molar-refractivity contribution in [3.8, 4) is 11.5 Å². The summed E-state index contributed by atoms with van der Waals surface area (Å²) in [6.07, 6.45) is -0.965. The average Bonchev–Trinajstić information content (AvgIpc) is 2.71. The molecule has 0 atom stereocenters. The maximum absolute atomic E-state index is 11.4. The van der Waals surface area contributed by atoms with Crippen molar-refractivity contribution >= 4 is 17.9 Å². The van der Waals surface area contributed by atoms with E-state index in [0.717, 1.165) is 15.4 Å². The van der Waals surface area contributed by atoms with Crippen LogP contribution in [-0.2, 0) is 6.54 Å². The molecule has 144 valence electrons. The van der Waals surface area contributed by atoms with Gasteiger partial charge in [0.2, 0.25) is 0 Å². The highest BCUT2D eigenvalue weighted by molar-refractivity contribution is 7.99. The zero-order valence-electron chi connectivity index (χ0n) is 15.2. The Balaban J connectivity index is 1.49. The van der Waals surface area contributed by atoms with Crippen molar-refractivity contribution in [2.24, 2.45) is 0 Å². The molecule has 0 radical (unpaired) electrons. The fourth-order valence-electron chi connectivity index (χ4n) is 2.57. The number of phenolic OH excluding ortho intramolecular Hbond substituents is 1. The van der Waals surface area contributed by atoms with Gasteiger partial charge in [0, 0.05) is 16.3 Å². The van der Waals surface area contributed by atoms with Crippen LogP contribution in [0.15, 0.2) is 88.7 Å². The van der Waals surface area contributed by atoms with Crippen LogP contribution in [-0.4, -0.2) is 34.4 Å². The monoisotopic (exact) mass is 395 g/mol. The highest BCUT2D eigenvalue weighted by Gasteiger charge is 2.12. The Bertz CT molecular complexity index is 883. The van der Waals surface area contributed by atoms with Crippen molar-refractivity contribution < 1.29 is 19.7 Å². The molecule has 0 aliphatic carbocycles. The van der Waals surface area contributed by atoms with E-state index in [1.54, 1.807) is 23.9 Å². The van der Waals surface area contributed by atoms with Crippen LogP contribution in [0, 0.1) is 0 Å². The Morgan fingerprint density at radius 3 is 2.11 bits per heavy atom. The minimum absolute atomic E-state index is 0.246. The lowest BCUT2D eigenvalue weighted by Crippen LogP contribution is -2.32. The van der Waals surface area contributed by atoms with Gasteiger partial charge in [0.05, 0.1) is 6.54 Å². The van der Waals surface area contributed by atoms with Crippen LogP contribution in [0.25, 0.3) is 0 Å². The minimum atomic E-state index is -0.965. The molecule has 0 aliphatic rings. The summed E-state index contributed by atoms with van der Waals surface area (Å²) >= 11 is 1.59. The van der Waals surface area contributed by atoms with E-state index >= 15 is 0 Å². The number of phenols is 1. The molecule has 0 heterocycles. The third-order valence-electron chi connectivity index (χ3n) is 4.01. The number of ether oxygens (including phenoxy) is 1. The first kappa shape index (κ1) is 19.6. The molecule has 0 unspecified atom stereocenters. The largest absolute Gasteiger partial charge is 0.508 e.